The highest BCUT2D eigenvalue weighted by molar-refractivity contribution is 9.11. The largest absolute Gasteiger partial charge is 0.317 e. The Morgan fingerprint density at radius 2 is 1.87 bits per heavy atom. The van der Waals surface area contributed by atoms with Crippen molar-refractivity contribution in [3.05, 3.63) is 50.9 Å². The molecular weight excluding hydrogens is 320 g/mol. The lowest BCUT2D eigenvalue weighted by Gasteiger charge is -2.06. The molecule has 0 spiro atoms. The molecule has 0 bridgehead atoms. The summed E-state index contributed by atoms with van der Waals surface area (Å²) in [7, 11) is 0. The second-order valence-corrected chi connectivity index (χ2v) is 4.79. The average molecular weight is 330 g/mol. The van der Waals surface area contributed by atoms with Gasteiger partial charge < -0.3 is 4.57 Å². The van der Waals surface area contributed by atoms with Crippen LogP contribution in [-0.2, 0) is 6.54 Å². The minimum Gasteiger partial charge on any atom is -0.317 e. The first-order valence-corrected chi connectivity index (χ1v) is 6.19. The summed E-state index contributed by atoms with van der Waals surface area (Å²) >= 11 is 6.87. The van der Waals surface area contributed by atoms with Crippen molar-refractivity contribution in [1.82, 2.24) is 9.55 Å². The van der Waals surface area contributed by atoms with Crippen molar-refractivity contribution in [2.24, 2.45) is 0 Å². The molecule has 0 amide bonds. The summed E-state index contributed by atoms with van der Waals surface area (Å²) in [5.74, 6) is 0. The van der Waals surface area contributed by atoms with Crippen molar-refractivity contribution in [3.63, 3.8) is 0 Å². The van der Waals surface area contributed by atoms with Gasteiger partial charge in [-0.3, -0.25) is 0 Å². The van der Waals surface area contributed by atoms with E-state index in [2.05, 4.69) is 53.5 Å². The van der Waals surface area contributed by atoms with Gasteiger partial charge in [-0.15, -0.1) is 0 Å². The number of benzene rings is 1. The zero-order chi connectivity index (χ0) is 10.8. The van der Waals surface area contributed by atoms with Crippen LogP contribution in [0.4, 0.5) is 0 Å². The highest BCUT2D eigenvalue weighted by atomic mass is 79.9. The number of halogens is 2. The zero-order valence-electron chi connectivity index (χ0n) is 8.24. The summed E-state index contributed by atoms with van der Waals surface area (Å²) in [6.45, 7) is 2.89. The molecule has 15 heavy (non-hydrogen) atoms. The Morgan fingerprint density at radius 1 is 1.20 bits per heavy atom. The van der Waals surface area contributed by atoms with Crippen molar-refractivity contribution in [2.45, 2.75) is 13.5 Å². The first-order valence-electron chi connectivity index (χ1n) is 4.60. The van der Waals surface area contributed by atoms with Gasteiger partial charge in [0.25, 0.3) is 0 Å². The van der Waals surface area contributed by atoms with E-state index in [9.17, 15) is 0 Å². The van der Waals surface area contributed by atoms with Crippen LogP contribution < -0.4 is 0 Å². The van der Waals surface area contributed by atoms with Crippen LogP contribution in [0.25, 0.3) is 0 Å². The third-order valence-corrected chi connectivity index (χ3v) is 3.66. The molecule has 0 N–H and O–H groups in total. The summed E-state index contributed by atoms with van der Waals surface area (Å²) in [5, 5.41) is 0. The number of nitrogens with zero attached hydrogens (tertiary/aromatic N) is 2. The molecule has 4 heteroatoms. The number of aromatic nitrogens is 2. The summed E-state index contributed by atoms with van der Waals surface area (Å²) < 4.78 is 3.88. The maximum absolute atomic E-state index is 4.30. The van der Waals surface area contributed by atoms with E-state index in [0.717, 1.165) is 21.6 Å². The van der Waals surface area contributed by atoms with E-state index in [1.807, 2.05) is 25.1 Å². The Bertz CT molecular complexity index is 463. The zero-order valence-corrected chi connectivity index (χ0v) is 11.4. The lowest BCUT2D eigenvalue weighted by atomic mass is 10.2. The van der Waals surface area contributed by atoms with E-state index in [0.29, 0.717) is 0 Å². The van der Waals surface area contributed by atoms with E-state index in [-0.39, 0.29) is 0 Å². The van der Waals surface area contributed by atoms with Crippen LogP contribution in [-0.4, -0.2) is 9.55 Å². The van der Waals surface area contributed by atoms with Crippen molar-refractivity contribution in [1.29, 1.82) is 0 Å². The molecule has 0 fully saturated rings. The highest BCUT2D eigenvalue weighted by Crippen LogP contribution is 2.21. The number of hydrogen-bond acceptors (Lipinski definition) is 1. The molecule has 0 aliphatic rings. The monoisotopic (exact) mass is 328 g/mol. The fraction of sp³-hybridized carbons (Fsp3) is 0.182. The molecule has 0 aliphatic heterocycles. The van der Waals surface area contributed by atoms with Crippen LogP contribution in [0.1, 0.15) is 11.3 Å². The summed E-state index contributed by atoms with van der Waals surface area (Å²) in [6, 6.07) is 10.3. The molecule has 0 saturated heterocycles. The Morgan fingerprint density at radius 3 is 2.40 bits per heavy atom. The summed E-state index contributed by atoms with van der Waals surface area (Å²) in [5.41, 5.74) is 2.40. The number of imidazole rings is 1. The predicted octanol–water partition coefficient (Wildman–Crippen LogP) is 3.76. The Balaban J connectivity index is 2.32. The predicted molar refractivity (Wildman–Crippen MR) is 67.9 cm³/mol. The highest BCUT2D eigenvalue weighted by Gasteiger charge is 2.09. The lowest BCUT2D eigenvalue weighted by molar-refractivity contribution is 0.749. The summed E-state index contributed by atoms with van der Waals surface area (Å²) in [4.78, 5) is 4.30. The Labute approximate surface area is 106 Å². The van der Waals surface area contributed by atoms with Crippen LogP contribution in [0.2, 0.25) is 0 Å². The molecule has 1 heterocycles. The van der Waals surface area contributed by atoms with Crippen molar-refractivity contribution >= 4 is 31.9 Å². The quantitative estimate of drug-likeness (QED) is 0.820. The van der Waals surface area contributed by atoms with Gasteiger partial charge in [0.1, 0.15) is 4.60 Å². The lowest BCUT2D eigenvalue weighted by Crippen LogP contribution is -2.01. The van der Waals surface area contributed by atoms with Gasteiger partial charge in [-0.1, -0.05) is 30.3 Å². The van der Waals surface area contributed by atoms with E-state index in [4.69, 9.17) is 0 Å². The van der Waals surface area contributed by atoms with E-state index in [1.165, 1.54) is 5.56 Å². The van der Waals surface area contributed by atoms with Gasteiger partial charge in [0, 0.05) is 6.54 Å². The SMILES string of the molecule is Cc1c(Br)nc(Br)n1Cc1ccccc1. The smallest absolute Gasteiger partial charge is 0.178 e. The molecule has 2 aromatic rings. The molecule has 78 valence electrons. The third-order valence-electron chi connectivity index (χ3n) is 2.30. The molecule has 0 radical (unpaired) electrons. The first-order chi connectivity index (χ1) is 7.18. The van der Waals surface area contributed by atoms with E-state index in [1.54, 1.807) is 0 Å². The maximum Gasteiger partial charge on any atom is 0.178 e. The van der Waals surface area contributed by atoms with Crippen LogP contribution in [0, 0.1) is 6.92 Å². The molecular formula is C11H10Br2N2. The molecule has 1 aromatic carbocycles. The van der Waals surface area contributed by atoms with Crippen molar-refractivity contribution < 1.29 is 0 Å². The van der Waals surface area contributed by atoms with E-state index >= 15 is 0 Å². The van der Waals surface area contributed by atoms with Crippen LogP contribution in [0.15, 0.2) is 39.7 Å². The maximum atomic E-state index is 4.30. The Kier molecular flexibility index (Phi) is 3.26. The van der Waals surface area contributed by atoms with Gasteiger partial charge in [0.2, 0.25) is 0 Å². The molecule has 2 nitrogen and oxygen atoms in total. The third kappa shape index (κ3) is 2.32. The van der Waals surface area contributed by atoms with Gasteiger partial charge >= 0.3 is 0 Å². The minimum atomic E-state index is 0.839. The van der Waals surface area contributed by atoms with Gasteiger partial charge in [-0.2, -0.15) is 0 Å². The molecule has 0 atom stereocenters. The van der Waals surface area contributed by atoms with Gasteiger partial charge in [0.05, 0.1) is 5.69 Å². The molecule has 1 aromatic heterocycles. The normalized spacial score (nSPS) is 10.6. The molecule has 0 unspecified atom stereocenters. The standard InChI is InChI=1S/C11H10Br2N2/c1-8-10(12)14-11(13)15(8)7-9-5-3-2-4-6-9/h2-6H,7H2,1H3. The van der Waals surface area contributed by atoms with Crippen LogP contribution in [0.3, 0.4) is 0 Å². The fourth-order valence-corrected chi connectivity index (χ4v) is 2.61. The van der Waals surface area contributed by atoms with E-state index < -0.39 is 0 Å². The van der Waals surface area contributed by atoms with Crippen molar-refractivity contribution in [2.75, 3.05) is 0 Å². The summed E-state index contributed by atoms with van der Waals surface area (Å²) in [6.07, 6.45) is 0. The number of hydrogen-bond donors (Lipinski definition) is 0. The minimum absolute atomic E-state index is 0.839. The molecule has 2 rings (SSSR count). The topological polar surface area (TPSA) is 17.8 Å². The Hall–Kier alpha value is -0.610. The van der Waals surface area contributed by atoms with Gasteiger partial charge in [-0.25, -0.2) is 4.98 Å². The number of rotatable bonds is 2. The van der Waals surface area contributed by atoms with Gasteiger partial charge in [0.15, 0.2) is 4.73 Å². The second-order valence-electron chi connectivity index (χ2n) is 3.33. The average Bonchev–Trinajstić information content (AvgIpc) is 2.47. The molecule has 0 aliphatic carbocycles. The second kappa shape index (κ2) is 4.49. The first kappa shape index (κ1) is 10.9. The van der Waals surface area contributed by atoms with Crippen molar-refractivity contribution in [3.8, 4) is 0 Å². The fourth-order valence-electron chi connectivity index (χ4n) is 1.42. The van der Waals surface area contributed by atoms with Crippen LogP contribution >= 0.6 is 31.9 Å². The molecule has 0 saturated carbocycles. The van der Waals surface area contributed by atoms with Gasteiger partial charge in [-0.05, 0) is 44.3 Å². The van der Waals surface area contributed by atoms with Crippen LogP contribution in [0.5, 0.6) is 0 Å².